The van der Waals surface area contributed by atoms with E-state index in [0.717, 1.165) is 75.1 Å². The number of aromatic nitrogens is 3. The van der Waals surface area contributed by atoms with Crippen LogP contribution in [0.2, 0.25) is 0 Å². The Morgan fingerprint density at radius 2 is 1.88 bits per heavy atom. The first kappa shape index (κ1) is 22.9. The molecule has 2 aliphatic rings. The summed E-state index contributed by atoms with van der Waals surface area (Å²) in [6.07, 6.45) is 13.2. The molecule has 0 unspecified atom stereocenters. The molecule has 0 aromatic carbocycles. The minimum atomic E-state index is -0.168. The Labute approximate surface area is 192 Å². The minimum absolute atomic E-state index is 0.168. The van der Waals surface area contributed by atoms with Crippen LogP contribution in [-0.2, 0) is 6.42 Å². The van der Waals surface area contributed by atoms with Crippen molar-refractivity contribution in [2.75, 3.05) is 36.8 Å². The summed E-state index contributed by atoms with van der Waals surface area (Å²) in [7, 11) is 0. The van der Waals surface area contributed by atoms with Gasteiger partial charge in [0.15, 0.2) is 0 Å². The Kier molecular flexibility index (Phi) is 8.29. The standard InChI is InChI=1S/C25H38N6O/c1-2-3-13-26-25-28-18-22(24(30-25)29-20-7-9-21(32)10-8-20)23-11-6-19(17-27-23)12-16-31-14-4-5-15-31/h6,11,17-18,20-21,32H,2-5,7-10,12-16H2,1H3,(H2,26,28,29,30)/t20-,21-. The molecule has 1 saturated heterocycles. The van der Waals surface area contributed by atoms with Crippen molar-refractivity contribution in [1.82, 2.24) is 19.9 Å². The smallest absolute Gasteiger partial charge is 0.224 e. The number of hydrogen-bond donors (Lipinski definition) is 3. The number of aliphatic hydroxyl groups is 1. The molecule has 0 atom stereocenters. The van der Waals surface area contributed by atoms with E-state index in [2.05, 4.69) is 39.6 Å². The molecule has 0 radical (unpaired) electrons. The summed E-state index contributed by atoms with van der Waals surface area (Å²) in [5, 5.41) is 16.8. The van der Waals surface area contributed by atoms with Crippen LogP contribution in [0.3, 0.4) is 0 Å². The van der Waals surface area contributed by atoms with E-state index in [4.69, 9.17) is 9.97 Å². The average Bonchev–Trinajstić information content (AvgIpc) is 3.34. The van der Waals surface area contributed by atoms with Crippen molar-refractivity contribution < 1.29 is 5.11 Å². The number of likely N-dealkylation sites (tertiary alicyclic amines) is 1. The maximum absolute atomic E-state index is 9.85. The van der Waals surface area contributed by atoms with Gasteiger partial charge in [-0.3, -0.25) is 4.98 Å². The van der Waals surface area contributed by atoms with E-state index in [1.54, 1.807) is 0 Å². The van der Waals surface area contributed by atoms with Crippen molar-refractivity contribution in [2.24, 2.45) is 0 Å². The van der Waals surface area contributed by atoms with Gasteiger partial charge in [0.25, 0.3) is 0 Å². The maximum atomic E-state index is 9.85. The fraction of sp³-hybridized carbons (Fsp3) is 0.640. The fourth-order valence-electron chi connectivity index (χ4n) is 4.58. The molecule has 4 rings (SSSR count). The zero-order valence-electron chi connectivity index (χ0n) is 19.4. The molecule has 7 heteroatoms. The molecule has 2 aromatic heterocycles. The zero-order chi connectivity index (χ0) is 22.2. The van der Waals surface area contributed by atoms with Gasteiger partial charge in [-0.2, -0.15) is 4.98 Å². The van der Waals surface area contributed by atoms with Gasteiger partial charge in [-0.05, 0) is 76.1 Å². The Bertz CT molecular complexity index is 829. The highest BCUT2D eigenvalue weighted by Gasteiger charge is 2.21. The van der Waals surface area contributed by atoms with Crippen molar-refractivity contribution >= 4 is 11.8 Å². The molecule has 32 heavy (non-hydrogen) atoms. The summed E-state index contributed by atoms with van der Waals surface area (Å²) in [5.41, 5.74) is 3.10. The first-order valence-corrected chi connectivity index (χ1v) is 12.4. The van der Waals surface area contributed by atoms with Gasteiger partial charge in [0.1, 0.15) is 5.82 Å². The summed E-state index contributed by atoms with van der Waals surface area (Å²) < 4.78 is 0. The summed E-state index contributed by atoms with van der Waals surface area (Å²) in [5.74, 6) is 1.49. The second-order valence-corrected chi connectivity index (χ2v) is 9.24. The van der Waals surface area contributed by atoms with Crippen molar-refractivity contribution in [3.8, 4) is 11.3 Å². The summed E-state index contributed by atoms with van der Waals surface area (Å²) in [6, 6.07) is 4.60. The molecular weight excluding hydrogens is 400 g/mol. The third-order valence-electron chi connectivity index (χ3n) is 6.66. The number of hydrogen-bond acceptors (Lipinski definition) is 7. The highest BCUT2D eigenvalue weighted by Crippen LogP contribution is 2.29. The van der Waals surface area contributed by atoms with Crippen LogP contribution in [0.5, 0.6) is 0 Å². The Balaban J connectivity index is 1.47. The predicted octanol–water partition coefficient (Wildman–Crippen LogP) is 4.10. The van der Waals surface area contributed by atoms with Crippen LogP contribution in [0.1, 0.15) is 63.9 Å². The molecular formula is C25H38N6O. The van der Waals surface area contributed by atoms with E-state index in [9.17, 15) is 5.11 Å². The maximum Gasteiger partial charge on any atom is 0.224 e. The summed E-state index contributed by atoms with van der Waals surface area (Å²) in [6.45, 7) is 6.62. The monoisotopic (exact) mass is 438 g/mol. The first-order chi connectivity index (χ1) is 15.7. The van der Waals surface area contributed by atoms with Crippen LogP contribution in [0, 0.1) is 0 Å². The topological polar surface area (TPSA) is 86.2 Å². The lowest BCUT2D eigenvalue weighted by Gasteiger charge is -2.27. The van der Waals surface area contributed by atoms with E-state index in [-0.39, 0.29) is 6.10 Å². The van der Waals surface area contributed by atoms with Crippen LogP contribution >= 0.6 is 0 Å². The molecule has 1 aliphatic carbocycles. The van der Waals surface area contributed by atoms with E-state index in [1.165, 1.54) is 31.5 Å². The minimum Gasteiger partial charge on any atom is -0.393 e. The SMILES string of the molecule is CCCCNc1ncc(-c2ccc(CCN3CCCC3)cn2)c(N[C@H]2CC[C@H](O)CC2)n1. The highest BCUT2D eigenvalue weighted by atomic mass is 16.3. The van der Waals surface area contributed by atoms with E-state index in [1.807, 2.05) is 12.4 Å². The molecule has 174 valence electrons. The van der Waals surface area contributed by atoms with Crippen LogP contribution < -0.4 is 10.6 Å². The number of nitrogens with zero attached hydrogens (tertiary/aromatic N) is 4. The Hall–Kier alpha value is -2.25. The second-order valence-electron chi connectivity index (χ2n) is 9.24. The van der Waals surface area contributed by atoms with Crippen molar-refractivity contribution in [1.29, 1.82) is 0 Å². The molecule has 1 aliphatic heterocycles. The van der Waals surface area contributed by atoms with Crippen molar-refractivity contribution in [3.05, 3.63) is 30.1 Å². The first-order valence-electron chi connectivity index (χ1n) is 12.4. The molecule has 0 amide bonds. The number of unbranched alkanes of at least 4 members (excludes halogenated alkanes) is 1. The number of nitrogens with one attached hydrogen (secondary N) is 2. The van der Waals surface area contributed by atoms with E-state index >= 15 is 0 Å². The molecule has 0 bridgehead atoms. The molecule has 1 saturated carbocycles. The second kappa shape index (κ2) is 11.6. The predicted molar refractivity (Wildman–Crippen MR) is 130 cm³/mol. The quantitative estimate of drug-likeness (QED) is 0.481. The van der Waals surface area contributed by atoms with Gasteiger partial charge < -0.3 is 20.6 Å². The summed E-state index contributed by atoms with van der Waals surface area (Å²) in [4.78, 5) is 16.7. The summed E-state index contributed by atoms with van der Waals surface area (Å²) >= 11 is 0. The van der Waals surface area contributed by atoms with Gasteiger partial charge in [0.2, 0.25) is 5.95 Å². The number of rotatable bonds is 10. The van der Waals surface area contributed by atoms with Crippen LogP contribution in [0.25, 0.3) is 11.3 Å². The largest absolute Gasteiger partial charge is 0.393 e. The van der Waals surface area contributed by atoms with Crippen molar-refractivity contribution in [2.45, 2.75) is 76.9 Å². The van der Waals surface area contributed by atoms with Gasteiger partial charge in [0.05, 0.1) is 17.4 Å². The molecule has 2 fully saturated rings. The van der Waals surface area contributed by atoms with Gasteiger partial charge in [-0.15, -0.1) is 0 Å². The normalized spacial score (nSPS) is 21.6. The molecule has 3 heterocycles. The van der Waals surface area contributed by atoms with Gasteiger partial charge in [-0.25, -0.2) is 4.98 Å². The highest BCUT2D eigenvalue weighted by molar-refractivity contribution is 5.73. The number of anilines is 2. The third kappa shape index (κ3) is 6.39. The average molecular weight is 439 g/mol. The lowest BCUT2D eigenvalue weighted by molar-refractivity contribution is 0.126. The van der Waals surface area contributed by atoms with Gasteiger partial charge >= 0.3 is 0 Å². The third-order valence-corrected chi connectivity index (χ3v) is 6.66. The van der Waals surface area contributed by atoms with Crippen LogP contribution in [0.15, 0.2) is 24.5 Å². The lowest BCUT2D eigenvalue weighted by Crippen LogP contribution is -2.29. The fourth-order valence-corrected chi connectivity index (χ4v) is 4.58. The van der Waals surface area contributed by atoms with Crippen molar-refractivity contribution in [3.63, 3.8) is 0 Å². The molecule has 7 nitrogen and oxygen atoms in total. The number of pyridine rings is 1. The molecule has 3 N–H and O–H groups in total. The van der Waals surface area contributed by atoms with Crippen LogP contribution in [-0.4, -0.2) is 63.3 Å². The van der Waals surface area contributed by atoms with E-state index in [0.29, 0.717) is 12.0 Å². The lowest BCUT2D eigenvalue weighted by atomic mass is 9.93. The van der Waals surface area contributed by atoms with Gasteiger partial charge in [0, 0.05) is 31.5 Å². The number of aliphatic hydroxyl groups excluding tert-OH is 1. The van der Waals surface area contributed by atoms with E-state index < -0.39 is 0 Å². The zero-order valence-corrected chi connectivity index (χ0v) is 19.4. The molecule has 0 spiro atoms. The Morgan fingerprint density at radius 1 is 1.06 bits per heavy atom. The Morgan fingerprint density at radius 3 is 2.59 bits per heavy atom. The van der Waals surface area contributed by atoms with Crippen LogP contribution in [0.4, 0.5) is 11.8 Å². The van der Waals surface area contributed by atoms with Gasteiger partial charge in [-0.1, -0.05) is 19.4 Å². The molecule has 2 aromatic rings.